The third-order valence-electron chi connectivity index (χ3n) is 3.39. The lowest BCUT2D eigenvalue weighted by molar-refractivity contribution is 0.318. The number of halogens is 2. The number of rotatable bonds is 2. The van der Waals surface area contributed by atoms with Gasteiger partial charge >= 0.3 is 0 Å². The molecule has 1 aromatic rings. The Morgan fingerprint density at radius 1 is 1.42 bits per heavy atom. The summed E-state index contributed by atoms with van der Waals surface area (Å²) in [4.78, 5) is 1.72. The molecule has 4 nitrogen and oxygen atoms in total. The van der Waals surface area contributed by atoms with E-state index in [4.69, 9.17) is 10.9 Å². The van der Waals surface area contributed by atoms with E-state index in [0.29, 0.717) is 19.0 Å². The highest BCUT2D eigenvalue weighted by molar-refractivity contribution is 5.97. The van der Waals surface area contributed by atoms with Gasteiger partial charge in [-0.3, -0.25) is 0 Å². The summed E-state index contributed by atoms with van der Waals surface area (Å²) >= 11 is 0. The van der Waals surface area contributed by atoms with Crippen molar-refractivity contribution in [3.05, 3.63) is 29.3 Å². The quantitative estimate of drug-likeness (QED) is 0.375. The van der Waals surface area contributed by atoms with Gasteiger partial charge in [-0.25, -0.2) is 8.78 Å². The van der Waals surface area contributed by atoms with E-state index in [2.05, 4.69) is 12.1 Å². The van der Waals surface area contributed by atoms with Crippen molar-refractivity contribution in [1.29, 1.82) is 0 Å². The second-order valence-corrected chi connectivity index (χ2v) is 4.97. The van der Waals surface area contributed by atoms with Crippen LogP contribution in [-0.4, -0.2) is 24.1 Å². The van der Waals surface area contributed by atoms with E-state index < -0.39 is 11.6 Å². The van der Waals surface area contributed by atoms with Gasteiger partial charge in [0, 0.05) is 18.7 Å². The normalized spacial score (nSPS) is 20.7. The molecule has 1 unspecified atom stereocenters. The fourth-order valence-corrected chi connectivity index (χ4v) is 2.47. The molecule has 0 saturated carbocycles. The first-order valence-corrected chi connectivity index (χ1v) is 6.24. The predicted molar refractivity (Wildman–Crippen MR) is 69.5 cm³/mol. The zero-order valence-electron chi connectivity index (χ0n) is 10.7. The molecule has 1 saturated heterocycles. The van der Waals surface area contributed by atoms with E-state index in [1.165, 1.54) is 0 Å². The van der Waals surface area contributed by atoms with Crippen molar-refractivity contribution >= 4 is 11.5 Å². The SMILES string of the molecule is CC1CCCN(c2c(F)cc(C(N)=NO)cc2F)C1. The fourth-order valence-electron chi connectivity index (χ4n) is 2.47. The first-order chi connectivity index (χ1) is 9.02. The second-order valence-electron chi connectivity index (χ2n) is 4.97. The molecule has 1 aliphatic heterocycles. The lowest BCUT2D eigenvalue weighted by Gasteiger charge is -2.33. The van der Waals surface area contributed by atoms with E-state index in [0.717, 1.165) is 25.0 Å². The van der Waals surface area contributed by atoms with Crippen LogP contribution in [0.15, 0.2) is 17.3 Å². The molecule has 0 aromatic heterocycles. The van der Waals surface area contributed by atoms with Gasteiger partial charge in [0.15, 0.2) is 5.84 Å². The fraction of sp³-hybridized carbons (Fsp3) is 0.462. The van der Waals surface area contributed by atoms with Crippen LogP contribution in [0.1, 0.15) is 25.3 Å². The number of nitrogens with two attached hydrogens (primary N) is 1. The minimum absolute atomic E-state index is 0.0268. The Morgan fingerprint density at radius 2 is 2.05 bits per heavy atom. The monoisotopic (exact) mass is 269 g/mol. The summed E-state index contributed by atoms with van der Waals surface area (Å²) in [5.74, 6) is -1.26. The number of oxime groups is 1. The predicted octanol–water partition coefficient (Wildman–Crippen LogP) is 2.30. The maximum absolute atomic E-state index is 14.0. The smallest absolute Gasteiger partial charge is 0.170 e. The Kier molecular flexibility index (Phi) is 3.87. The average molecular weight is 269 g/mol. The summed E-state index contributed by atoms with van der Waals surface area (Å²) < 4.78 is 28.1. The van der Waals surface area contributed by atoms with E-state index >= 15 is 0 Å². The van der Waals surface area contributed by atoms with Crippen molar-refractivity contribution in [3.8, 4) is 0 Å². The molecule has 2 rings (SSSR count). The molecule has 0 bridgehead atoms. The van der Waals surface area contributed by atoms with Crippen molar-refractivity contribution in [3.63, 3.8) is 0 Å². The number of hydrogen-bond donors (Lipinski definition) is 2. The molecule has 19 heavy (non-hydrogen) atoms. The van der Waals surface area contributed by atoms with Crippen LogP contribution in [0.3, 0.4) is 0 Å². The summed E-state index contributed by atoms with van der Waals surface area (Å²) in [6.45, 7) is 3.34. The van der Waals surface area contributed by atoms with Crippen molar-refractivity contribution in [2.24, 2.45) is 16.8 Å². The molecule has 0 spiro atoms. The van der Waals surface area contributed by atoms with Gasteiger partial charge in [-0.1, -0.05) is 12.1 Å². The highest BCUT2D eigenvalue weighted by atomic mass is 19.1. The number of piperidine rings is 1. The van der Waals surface area contributed by atoms with Crippen LogP contribution in [0, 0.1) is 17.6 Å². The van der Waals surface area contributed by atoms with Crippen LogP contribution in [0.5, 0.6) is 0 Å². The zero-order valence-corrected chi connectivity index (χ0v) is 10.7. The molecule has 0 aliphatic carbocycles. The standard InChI is InChI=1S/C13H17F2N3O/c1-8-3-2-4-18(7-8)12-10(14)5-9(6-11(12)15)13(16)17-19/h5-6,8,19H,2-4,7H2,1H3,(H2,16,17). The Bertz CT molecular complexity index is 482. The Balaban J connectivity index is 2.36. The summed E-state index contributed by atoms with van der Waals surface area (Å²) in [5, 5.41) is 11.3. The van der Waals surface area contributed by atoms with Gasteiger partial charge in [0.05, 0.1) is 0 Å². The summed E-state index contributed by atoms with van der Waals surface area (Å²) in [6.07, 6.45) is 1.99. The molecule has 0 amide bonds. The van der Waals surface area contributed by atoms with E-state index in [9.17, 15) is 8.78 Å². The van der Waals surface area contributed by atoms with Crippen molar-refractivity contribution in [1.82, 2.24) is 0 Å². The Hall–Kier alpha value is -1.85. The van der Waals surface area contributed by atoms with Crippen LogP contribution < -0.4 is 10.6 Å². The first kappa shape index (κ1) is 13.6. The summed E-state index contributed by atoms with van der Waals surface area (Å²) in [6, 6.07) is 2.18. The maximum Gasteiger partial charge on any atom is 0.170 e. The molecule has 1 heterocycles. The molecule has 0 radical (unpaired) electrons. The van der Waals surface area contributed by atoms with Gasteiger partial charge in [0.2, 0.25) is 0 Å². The topological polar surface area (TPSA) is 61.8 Å². The largest absolute Gasteiger partial charge is 0.409 e. The van der Waals surface area contributed by atoms with Crippen LogP contribution >= 0.6 is 0 Å². The van der Waals surface area contributed by atoms with Crippen LogP contribution in [0.2, 0.25) is 0 Å². The van der Waals surface area contributed by atoms with Gasteiger partial charge in [-0.2, -0.15) is 0 Å². The number of nitrogens with zero attached hydrogens (tertiary/aromatic N) is 2. The Labute approximate surface area is 110 Å². The third-order valence-corrected chi connectivity index (χ3v) is 3.39. The van der Waals surface area contributed by atoms with Crippen LogP contribution in [0.25, 0.3) is 0 Å². The van der Waals surface area contributed by atoms with Crippen molar-refractivity contribution in [2.75, 3.05) is 18.0 Å². The highest BCUT2D eigenvalue weighted by Crippen LogP contribution is 2.29. The molecule has 3 N–H and O–H groups in total. The molecular formula is C13H17F2N3O. The number of benzene rings is 1. The molecule has 6 heteroatoms. The minimum Gasteiger partial charge on any atom is -0.409 e. The van der Waals surface area contributed by atoms with E-state index in [-0.39, 0.29) is 17.1 Å². The van der Waals surface area contributed by atoms with Crippen LogP contribution in [-0.2, 0) is 0 Å². The lowest BCUT2D eigenvalue weighted by atomic mass is 9.99. The minimum atomic E-state index is -0.685. The molecular weight excluding hydrogens is 252 g/mol. The molecule has 1 atom stereocenters. The van der Waals surface area contributed by atoms with Crippen molar-refractivity contribution < 1.29 is 14.0 Å². The van der Waals surface area contributed by atoms with Gasteiger partial charge in [0.1, 0.15) is 17.3 Å². The number of anilines is 1. The zero-order chi connectivity index (χ0) is 14.0. The summed E-state index contributed by atoms with van der Waals surface area (Å²) in [7, 11) is 0. The van der Waals surface area contributed by atoms with Gasteiger partial charge in [-0.05, 0) is 30.9 Å². The second kappa shape index (κ2) is 5.42. The van der Waals surface area contributed by atoms with Gasteiger partial charge < -0.3 is 15.8 Å². The molecule has 104 valence electrons. The van der Waals surface area contributed by atoms with Gasteiger partial charge in [0.25, 0.3) is 0 Å². The van der Waals surface area contributed by atoms with Crippen LogP contribution in [0.4, 0.5) is 14.5 Å². The van der Waals surface area contributed by atoms with E-state index in [1.807, 2.05) is 0 Å². The highest BCUT2D eigenvalue weighted by Gasteiger charge is 2.23. The number of amidine groups is 1. The first-order valence-electron chi connectivity index (χ1n) is 6.24. The number of hydrogen-bond acceptors (Lipinski definition) is 3. The maximum atomic E-state index is 14.0. The average Bonchev–Trinajstić information content (AvgIpc) is 2.37. The summed E-state index contributed by atoms with van der Waals surface area (Å²) in [5.41, 5.74) is 5.34. The lowest BCUT2D eigenvalue weighted by Crippen LogP contribution is -2.35. The Morgan fingerprint density at radius 3 is 2.58 bits per heavy atom. The van der Waals surface area contributed by atoms with Gasteiger partial charge in [-0.15, -0.1) is 0 Å². The molecule has 1 aromatic carbocycles. The third kappa shape index (κ3) is 2.77. The molecule has 1 aliphatic rings. The van der Waals surface area contributed by atoms with E-state index in [1.54, 1.807) is 4.90 Å². The molecule has 1 fully saturated rings. The van der Waals surface area contributed by atoms with Crippen molar-refractivity contribution in [2.45, 2.75) is 19.8 Å².